The fourth-order valence-corrected chi connectivity index (χ4v) is 3.51. The van der Waals surface area contributed by atoms with Crippen LogP contribution < -0.4 is 0 Å². The number of aromatic hydroxyl groups is 2. The molecular formula is C26H30O6. The van der Waals surface area contributed by atoms with Gasteiger partial charge in [0.1, 0.15) is 22.6 Å². The van der Waals surface area contributed by atoms with Gasteiger partial charge in [0.05, 0.1) is 0 Å². The van der Waals surface area contributed by atoms with Crippen LogP contribution in [-0.2, 0) is 0 Å². The minimum atomic E-state index is -1.33. The van der Waals surface area contributed by atoms with Crippen LogP contribution in [0.2, 0.25) is 0 Å². The van der Waals surface area contributed by atoms with Gasteiger partial charge in [-0.25, -0.2) is 9.59 Å². The van der Waals surface area contributed by atoms with Gasteiger partial charge in [-0.15, -0.1) is 0 Å². The summed E-state index contributed by atoms with van der Waals surface area (Å²) in [5.41, 5.74) is -0.518. The maximum Gasteiger partial charge on any atom is 0.339 e. The molecular weight excluding hydrogens is 408 g/mol. The third-order valence-electron chi connectivity index (χ3n) is 4.75. The Bertz CT molecular complexity index is 1190. The zero-order valence-electron chi connectivity index (χ0n) is 14.4. The van der Waals surface area contributed by atoms with E-state index in [0.717, 1.165) is 0 Å². The maximum absolute atomic E-state index is 11.7. The van der Waals surface area contributed by atoms with Gasteiger partial charge in [-0.1, -0.05) is 78.2 Å². The van der Waals surface area contributed by atoms with Gasteiger partial charge in [0.25, 0.3) is 0 Å². The summed E-state index contributed by atoms with van der Waals surface area (Å²) >= 11 is 0. The molecule has 0 saturated carbocycles. The average molecular weight is 439 g/mol. The molecule has 0 aliphatic carbocycles. The lowest BCUT2D eigenvalue weighted by Gasteiger charge is -2.17. The maximum atomic E-state index is 11.7. The predicted octanol–water partition coefficient (Wildman–Crippen LogP) is 7.01. The number of carboxylic acid groups (broad SMARTS) is 2. The van der Waals surface area contributed by atoms with Crippen LogP contribution in [0.1, 0.15) is 50.4 Å². The van der Waals surface area contributed by atoms with E-state index in [1.54, 1.807) is 48.5 Å². The van der Waals surface area contributed by atoms with E-state index in [2.05, 4.69) is 0 Å². The highest BCUT2D eigenvalue weighted by atomic mass is 16.4. The molecule has 170 valence electrons. The molecule has 4 aromatic rings. The summed E-state index contributed by atoms with van der Waals surface area (Å²) in [6.07, 6.45) is 0. The summed E-state index contributed by atoms with van der Waals surface area (Å²) in [6, 6.07) is 16.3. The van der Waals surface area contributed by atoms with Crippen molar-refractivity contribution in [2.45, 2.75) is 29.7 Å². The fourth-order valence-electron chi connectivity index (χ4n) is 3.51. The zero-order valence-corrected chi connectivity index (χ0v) is 14.4. The third kappa shape index (κ3) is 4.21. The number of phenols is 2. The number of benzene rings is 4. The lowest BCUT2D eigenvalue weighted by molar-refractivity contribution is 0.0682. The van der Waals surface area contributed by atoms with Gasteiger partial charge in [-0.05, 0) is 33.7 Å². The zero-order chi connectivity index (χ0) is 20.0. The van der Waals surface area contributed by atoms with Gasteiger partial charge < -0.3 is 20.4 Å². The molecule has 4 N–H and O–H groups in total. The van der Waals surface area contributed by atoms with Crippen molar-refractivity contribution in [2.75, 3.05) is 0 Å². The van der Waals surface area contributed by atoms with Gasteiger partial charge in [0.15, 0.2) is 0 Å². The van der Waals surface area contributed by atoms with Gasteiger partial charge in [0, 0.05) is 11.1 Å². The van der Waals surface area contributed by atoms with E-state index in [9.17, 15) is 30.0 Å². The van der Waals surface area contributed by atoms with E-state index >= 15 is 0 Å². The number of carboxylic acids is 2. The van der Waals surface area contributed by atoms with Crippen molar-refractivity contribution in [3.05, 3.63) is 71.8 Å². The average Bonchev–Trinajstić information content (AvgIpc) is 2.67. The SMILES string of the molecule is C.C.C.C.O=C(O)c1cc2ccccc2c(-c2c(O)c(C(=O)O)cc3ccccc23)c1O. The van der Waals surface area contributed by atoms with Crippen molar-refractivity contribution < 1.29 is 30.0 Å². The first-order valence-electron chi connectivity index (χ1n) is 8.36. The Morgan fingerprint density at radius 2 is 0.875 bits per heavy atom. The van der Waals surface area contributed by atoms with Crippen LogP contribution in [0.3, 0.4) is 0 Å². The molecule has 0 fully saturated rings. The quantitative estimate of drug-likeness (QED) is 0.273. The molecule has 0 atom stereocenters. The molecule has 0 aromatic heterocycles. The van der Waals surface area contributed by atoms with Crippen LogP contribution in [0.15, 0.2) is 60.7 Å². The molecule has 0 spiro atoms. The molecule has 0 radical (unpaired) electrons. The minimum Gasteiger partial charge on any atom is -0.506 e. The predicted molar refractivity (Wildman–Crippen MR) is 131 cm³/mol. The molecule has 32 heavy (non-hydrogen) atoms. The summed E-state index contributed by atoms with van der Waals surface area (Å²) in [5.74, 6) is -3.73. The second kappa shape index (κ2) is 10.3. The van der Waals surface area contributed by atoms with Crippen LogP contribution >= 0.6 is 0 Å². The number of fused-ring (bicyclic) bond motifs is 2. The highest BCUT2D eigenvalue weighted by Gasteiger charge is 2.25. The highest BCUT2D eigenvalue weighted by Crippen LogP contribution is 2.47. The Kier molecular flexibility index (Phi) is 9.00. The van der Waals surface area contributed by atoms with Gasteiger partial charge in [-0.2, -0.15) is 0 Å². The first-order chi connectivity index (χ1) is 13.4. The smallest absolute Gasteiger partial charge is 0.339 e. The Labute approximate surface area is 188 Å². The number of rotatable bonds is 3. The molecule has 0 saturated heterocycles. The second-order valence-corrected chi connectivity index (χ2v) is 6.35. The van der Waals surface area contributed by atoms with Crippen molar-refractivity contribution in [1.82, 2.24) is 0 Å². The summed E-state index contributed by atoms with van der Waals surface area (Å²) < 4.78 is 0. The Hall–Kier alpha value is -4.06. The normalized spacial score (nSPS) is 9.62. The van der Waals surface area contributed by atoms with Crippen molar-refractivity contribution in [2.24, 2.45) is 0 Å². The molecule has 0 aliphatic rings. The molecule has 4 aromatic carbocycles. The molecule has 0 unspecified atom stereocenters. The van der Waals surface area contributed by atoms with Crippen LogP contribution in [0.25, 0.3) is 32.7 Å². The molecule has 0 heterocycles. The van der Waals surface area contributed by atoms with Crippen molar-refractivity contribution in [3.8, 4) is 22.6 Å². The van der Waals surface area contributed by atoms with E-state index in [4.69, 9.17) is 0 Å². The Morgan fingerprint density at radius 3 is 1.19 bits per heavy atom. The number of hydrogen-bond donors (Lipinski definition) is 4. The molecule has 6 nitrogen and oxygen atoms in total. The topological polar surface area (TPSA) is 115 Å². The molecule has 4 rings (SSSR count). The first-order valence-corrected chi connectivity index (χ1v) is 8.36. The van der Waals surface area contributed by atoms with E-state index in [1.165, 1.54) is 12.1 Å². The fraction of sp³-hybridized carbons (Fsp3) is 0.154. The monoisotopic (exact) mass is 438 g/mol. The van der Waals surface area contributed by atoms with Crippen LogP contribution in [0.5, 0.6) is 11.5 Å². The highest BCUT2D eigenvalue weighted by molar-refractivity contribution is 6.15. The van der Waals surface area contributed by atoms with Gasteiger partial charge in [0.2, 0.25) is 0 Å². The van der Waals surface area contributed by atoms with Gasteiger partial charge in [-0.3, -0.25) is 0 Å². The Balaban J connectivity index is 0.00000240. The largest absolute Gasteiger partial charge is 0.506 e. The molecule has 0 aliphatic heterocycles. The van der Waals surface area contributed by atoms with Crippen LogP contribution in [0.4, 0.5) is 0 Å². The second-order valence-electron chi connectivity index (χ2n) is 6.35. The lowest BCUT2D eigenvalue weighted by Crippen LogP contribution is -2.01. The van der Waals surface area contributed by atoms with E-state index < -0.39 is 23.4 Å². The molecule has 0 bridgehead atoms. The molecule has 0 amide bonds. The number of aromatic carboxylic acids is 2. The number of hydrogen-bond acceptors (Lipinski definition) is 4. The van der Waals surface area contributed by atoms with Crippen LogP contribution in [0, 0.1) is 0 Å². The minimum absolute atomic E-state index is 0. The van der Waals surface area contributed by atoms with Crippen molar-refractivity contribution >= 4 is 33.5 Å². The summed E-state index contributed by atoms with van der Waals surface area (Å²) in [5, 5.41) is 42.6. The van der Waals surface area contributed by atoms with Crippen molar-refractivity contribution in [3.63, 3.8) is 0 Å². The van der Waals surface area contributed by atoms with Crippen LogP contribution in [-0.4, -0.2) is 32.4 Å². The summed E-state index contributed by atoms with van der Waals surface area (Å²) in [7, 11) is 0. The Morgan fingerprint density at radius 1 is 0.562 bits per heavy atom. The van der Waals surface area contributed by atoms with E-state index in [0.29, 0.717) is 21.5 Å². The lowest BCUT2D eigenvalue weighted by atomic mass is 9.89. The van der Waals surface area contributed by atoms with Crippen molar-refractivity contribution in [1.29, 1.82) is 0 Å². The first kappa shape index (κ1) is 27.9. The summed E-state index contributed by atoms with van der Waals surface area (Å²) in [6.45, 7) is 0. The van der Waals surface area contributed by atoms with E-state index in [-0.39, 0.29) is 52.0 Å². The van der Waals surface area contributed by atoms with E-state index in [1.807, 2.05) is 0 Å². The standard InChI is InChI=1S/C22H14O6.4CH4/c23-19-15(21(25)26)9-11-5-1-3-7-13(11)17(19)18-14-8-4-2-6-12(14)10-16(20(18)24)22(27)28;;;;/h1-10,23-24H,(H,25,26)(H,27,28);4*1H4. The van der Waals surface area contributed by atoms with Gasteiger partial charge >= 0.3 is 11.9 Å². The third-order valence-corrected chi connectivity index (χ3v) is 4.75. The molecule has 6 heteroatoms. The number of carbonyl (C=O) groups is 2. The summed E-state index contributed by atoms with van der Waals surface area (Å²) in [4.78, 5) is 23.3.